The van der Waals surface area contributed by atoms with Gasteiger partial charge in [0.1, 0.15) is 12.2 Å². The van der Waals surface area contributed by atoms with Crippen LogP contribution in [0, 0.1) is 0 Å². The third-order valence-electron chi connectivity index (χ3n) is 2.07. The summed E-state index contributed by atoms with van der Waals surface area (Å²) in [5.41, 5.74) is -0.817. The van der Waals surface area contributed by atoms with Gasteiger partial charge in [-0.2, -0.15) is 4.98 Å². The van der Waals surface area contributed by atoms with Crippen molar-refractivity contribution in [1.29, 1.82) is 0 Å². The van der Waals surface area contributed by atoms with E-state index in [9.17, 15) is 22.4 Å². The van der Waals surface area contributed by atoms with Gasteiger partial charge in [-0.15, -0.1) is 13.2 Å². The van der Waals surface area contributed by atoms with E-state index < -0.39 is 36.3 Å². The van der Waals surface area contributed by atoms with Gasteiger partial charge in [0.05, 0.1) is 13.7 Å². The Morgan fingerprint density at radius 3 is 2.45 bits per heavy atom. The number of nitrogens with zero attached hydrogens (tertiary/aromatic N) is 1. The van der Waals surface area contributed by atoms with Crippen molar-refractivity contribution in [2.75, 3.05) is 13.7 Å². The lowest BCUT2D eigenvalue weighted by Gasteiger charge is -2.14. The van der Waals surface area contributed by atoms with Crippen molar-refractivity contribution in [3.8, 4) is 11.8 Å². The quantitative estimate of drug-likeness (QED) is 0.617. The van der Waals surface area contributed by atoms with Gasteiger partial charge < -0.3 is 14.2 Å². The molecule has 1 heterocycles. The highest BCUT2D eigenvalue weighted by Crippen LogP contribution is 2.30. The van der Waals surface area contributed by atoms with Crippen LogP contribution in [0.5, 0.6) is 11.8 Å². The van der Waals surface area contributed by atoms with E-state index in [-0.39, 0.29) is 12.2 Å². The first-order chi connectivity index (χ1) is 9.32. The molecule has 1 aromatic heterocycles. The van der Waals surface area contributed by atoms with Gasteiger partial charge in [-0.3, -0.25) is 0 Å². The molecule has 0 atom stereocenters. The Morgan fingerprint density at radius 2 is 2.00 bits per heavy atom. The Kier molecular flexibility index (Phi) is 5.12. The maximum atomic E-state index is 12.7. The van der Waals surface area contributed by atoms with E-state index in [1.807, 2.05) is 0 Å². The van der Waals surface area contributed by atoms with Gasteiger partial charge in [0.15, 0.2) is 0 Å². The van der Waals surface area contributed by atoms with Crippen LogP contribution in [0.3, 0.4) is 0 Å². The van der Waals surface area contributed by atoms with Crippen molar-refractivity contribution >= 4 is 5.97 Å². The lowest BCUT2D eigenvalue weighted by atomic mass is 10.2. The average Bonchev–Trinajstić information content (AvgIpc) is 2.36. The second kappa shape index (κ2) is 6.40. The molecular weight excluding hydrogens is 286 g/mol. The van der Waals surface area contributed by atoms with Gasteiger partial charge in [0.2, 0.25) is 11.8 Å². The van der Waals surface area contributed by atoms with Gasteiger partial charge in [-0.1, -0.05) is 0 Å². The van der Waals surface area contributed by atoms with Crippen molar-refractivity contribution in [2.45, 2.75) is 20.0 Å². The Hall–Kier alpha value is -2.06. The molecule has 0 aromatic carbocycles. The van der Waals surface area contributed by atoms with Gasteiger partial charge in [0, 0.05) is 5.56 Å². The molecule has 0 unspecified atom stereocenters. The molecule has 1 rings (SSSR count). The molecule has 112 valence electrons. The molecule has 0 bridgehead atoms. The number of esters is 1. The first-order valence-electron chi connectivity index (χ1n) is 5.39. The number of hydrogen-bond donors (Lipinski definition) is 0. The number of carbonyl (C=O) groups excluding carboxylic acids is 1. The van der Waals surface area contributed by atoms with Crippen molar-refractivity contribution in [3.05, 3.63) is 17.2 Å². The van der Waals surface area contributed by atoms with Crippen LogP contribution >= 0.6 is 0 Å². The minimum absolute atomic E-state index is 0.0682. The smallest absolute Gasteiger partial charge is 0.481 e. The molecule has 9 heteroatoms. The van der Waals surface area contributed by atoms with Crippen molar-refractivity contribution in [2.24, 2.45) is 0 Å². The number of hydrogen-bond acceptors (Lipinski definition) is 5. The minimum atomic E-state index is -5.06. The van der Waals surface area contributed by atoms with Crippen LogP contribution in [0.4, 0.5) is 17.6 Å². The number of rotatable bonds is 5. The van der Waals surface area contributed by atoms with Gasteiger partial charge in [-0.25, -0.2) is 9.18 Å². The molecule has 20 heavy (non-hydrogen) atoms. The number of pyridine rings is 1. The summed E-state index contributed by atoms with van der Waals surface area (Å²) >= 11 is 0. The summed E-state index contributed by atoms with van der Waals surface area (Å²) in [5, 5.41) is 0. The number of ether oxygens (including phenoxy) is 3. The summed E-state index contributed by atoms with van der Waals surface area (Å²) in [4.78, 5) is 14.9. The maximum Gasteiger partial charge on any atom is 0.574 e. The molecule has 1 aromatic rings. The molecule has 0 saturated carbocycles. The molecule has 0 aliphatic heterocycles. The standard InChI is InChI=1S/C11H11F4NO4/c1-3-19-10(17)7-4-6(5-12)8(18-2)16-9(7)20-11(13,14)15/h4H,3,5H2,1-2H3. The fourth-order valence-corrected chi connectivity index (χ4v) is 1.34. The normalized spacial score (nSPS) is 11.1. The van der Waals surface area contributed by atoms with Crippen LogP contribution in [0.15, 0.2) is 6.07 Å². The number of aromatic nitrogens is 1. The summed E-state index contributed by atoms with van der Waals surface area (Å²) < 4.78 is 62.3. The molecule has 0 saturated heterocycles. The van der Waals surface area contributed by atoms with Crippen LogP contribution in [0.2, 0.25) is 0 Å². The first kappa shape index (κ1) is 16.0. The van der Waals surface area contributed by atoms with Crippen LogP contribution in [-0.2, 0) is 11.4 Å². The topological polar surface area (TPSA) is 57.7 Å². The van der Waals surface area contributed by atoms with Gasteiger partial charge in [-0.05, 0) is 13.0 Å². The fraction of sp³-hybridized carbons (Fsp3) is 0.455. The zero-order valence-corrected chi connectivity index (χ0v) is 10.6. The highest BCUT2D eigenvalue weighted by molar-refractivity contribution is 5.92. The SMILES string of the molecule is CCOC(=O)c1cc(CF)c(OC)nc1OC(F)(F)F. The number of halogens is 4. The third-order valence-corrected chi connectivity index (χ3v) is 2.07. The van der Waals surface area contributed by atoms with Gasteiger partial charge >= 0.3 is 12.3 Å². The Balaban J connectivity index is 3.32. The molecular formula is C11H11F4NO4. The third kappa shape index (κ3) is 3.97. The molecule has 0 N–H and O–H groups in total. The van der Waals surface area contributed by atoms with E-state index in [1.54, 1.807) is 0 Å². The molecule has 0 aliphatic carbocycles. The van der Waals surface area contributed by atoms with E-state index in [4.69, 9.17) is 0 Å². The number of alkyl halides is 4. The average molecular weight is 297 g/mol. The van der Waals surface area contributed by atoms with Crippen molar-refractivity contribution in [3.63, 3.8) is 0 Å². The van der Waals surface area contributed by atoms with E-state index >= 15 is 0 Å². The second-order valence-corrected chi connectivity index (χ2v) is 3.41. The summed E-state index contributed by atoms with van der Waals surface area (Å²) in [6.45, 7) is 0.325. The predicted molar refractivity (Wildman–Crippen MR) is 58.2 cm³/mol. The van der Waals surface area contributed by atoms with Gasteiger partial charge in [0.25, 0.3) is 0 Å². The van der Waals surface area contributed by atoms with Crippen LogP contribution in [-0.4, -0.2) is 31.0 Å². The lowest BCUT2D eigenvalue weighted by Crippen LogP contribution is -2.21. The van der Waals surface area contributed by atoms with Crippen molar-refractivity contribution in [1.82, 2.24) is 4.98 Å². The summed E-state index contributed by atoms with van der Waals surface area (Å²) in [6.07, 6.45) is -5.06. The number of carbonyl (C=O) groups is 1. The molecule has 0 radical (unpaired) electrons. The van der Waals surface area contributed by atoms with E-state index in [1.165, 1.54) is 6.92 Å². The fourth-order valence-electron chi connectivity index (χ4n) is 1.34. The zero-order chi connectivity index (χ0) is 15.3. The monoisotopic (exact) mass is 297 g/mol. The molecule has 0 aliphatic rings. The van der Waals surface area contributed by atoms with Crippen LogP contribution in [0.25, 0.3) is 0 Å². The highest BCUT2D eigenvalue weighted by atomic mass is 19.4. The highest BCUT2D eigenvalue weighted by Gasteiger charge is 2.35. The number of methoxy groups -OCH3 is 1. The summed E-state index contributed by atoms with van der Waals surface area (Å²) in [6, 6.07) is 0.852. The van der Waals surface area contributed by atoms with E-state index in [2.05, 4.69) is 19.2 Å². The second-order valence-electron chi connectivity index (χ2n) is 3.41. The first-order valence-corrected chi connectivity index (χ1v) is 5.39. The van der Waals surface area contributed by atoms with E-state index in [0.29, 0.717) is 0 Å². The Morgan fingerprint density at radius 1 is 1.35 bits per heavy atom. The lowest BCUT2D eigenvalue weighted by molar-refractivity contribution is -0.276. The minimum Gasteiger partial charge on any atom is -0.481 e. The molecule has 5 nitrogen and oxygen atoms in total. The van der Waals surface area contributed by atoms with E-state index in [0.717, 1.165) is 13.2 Å². The molecule has 0 fully saturated rings. The molecule has 0 amide bonds. The maximum absolute atomic E-state index is 12.7. The predicted octanol–water partition coefficient (Wildman–Crippen LogP) is 2.64. The van der Waals surface area contributed by atoms with Crippen molar-refractivity contribution < 1.29 is 36.6 Å². The van der Waals surface area contributed by atoms with Crippen LogP contribution < -0.4 is 9.47 Å². The Labute approximate surface area is 111 Å². The Bertz CT molecular complexity index is 490. The van der Waals surface area contributed by atoms with Crippen LogP contribution in [0.1, 0.15) is 22.8 Å². The largest absolute Gasteiger partial charge is 0.574 e. The zero-order valence-electron chi connectivity index (χ0n) is 10.6. The summed E-state index contributed by atoms with van der Waals surface area (Å²) in [7, 11) is 1.10. The summed E-state index contributed by atoms with van der Waals surface area (Å²) in [5.74, 6) is -2.55. The molecule has 0 spiro atoms.